The van der Waals surface area contributed by atoms with E-state index in [2.05, 4.69) is 0 Å². The predicted octanol–water partition coefficient (Wildman–Crippen LogP) is 1.84. The number of hydrogen-bond acceptors (Lipinski definition) is 4. The summed E-state index contributed by atoms with van der Waals surface area (Å²) >= 11 is 0. The molecule has 8 unspecified atom stereocenters. The molecular weight excluding hydrogens is 330 g/mol. The summed E-state index contributed by atoms with van der Waals surface area (Å²) < 4.78 is 0. The van der Waals surface area contributed by atoms with Gasteiger partial charge in [-0.1, -0.05) is 0 Å². The molecule has 0 radical (unpaired) electrons. The van der Waals surface area contributed by atoms with Gasteiger partial charge in [0.15, 0.2) is 0 Å². The van der Waals surface area contributed by atoms with E-state index in [1.807, 2.05) is 0 Å². The minimum absolute atomic E-state index is 0.0228. The second-order valence-corrected chi connectivity index (χ2v) is 9.74. The number of amides is 2. The second kappa shape index (κ2) is 5.05. The highest BCUT2D eigenvalue weighted by Gasteiger charge is 2.63. The molecule has 5 heteroatoms. The molecule has 1 heterocycles. The first-order chi connectivity index (χ1) is 12.6. The summed E-state index contributed by atoms with van der Waals surface area (Å²) in [6, 6.07) is 0. The summed E-state index contributed by atoms with van der Waals surface area (Å²) in [7, 11) is 0. The lowest BCUT2D eigenvalue weighted by Crippen LogP contribution is -2.36. The summed E-state index contributed by atoms with van der Waals surface area (Å²) in [5.41, 5.74) is 0. The number of likely N-dealkylation sites (tertiary alicyclic amines) is 1. The van der Waals surface area contributed by atoms with Crippen molar-refractivity contribution in [3.8, 4) is 0 Å². The standard InChI is InChI=1S/C21H25NO4/c23-18-13(19(24)15-10-2-1-9(7-10)14(15)18)5-6-22-20(25)16-11-3-4-12(8-11)17(16)21(22)26/h9-17H,1-8H2. The third kappa shape index (κ3) is 1.73. The fourth-order valence-corrected chi connectivity index (χ4v) is 7.95. The first kappa shape index (κ1) is 15.5. The molecule has 1 saturated heterocycles. The van der Waals surface area contributed by atoms with E-state index in [0.29, 0.717) is 30.1 Å². The van der Waals surface area contributed by atoms with Crippen LogP contribution in [0.3, 0.4) is 0 Å². The van der Waals surface area contributed by atoms with E-state index in [1.54, 1.807) is 0 Å². The quantitative estimate of drug-likeness (QED) is 0.572. The summed E-state index contributed by atoms with van der Waals surface area (Å²) in [6.07, 6.45) is 6.77. The number of carbonyl (C=O) groups is 4. The van der Waals surface area contributed by atoms with Crippen molar-refractivity contribution in [1.82, 2.24) is 4.90 Å². The van der Waals surface area contributed by atoms with Gasteiger partial charge in [-0.15, -0.1) is 0 Å². The Hall–Kier alpha value is -1.52. The van der Waals surface area contributed by atoms with Crippen LogP contribution in [0.15, 0.2) is 0 Å². The zero-order valence-electron chi connectivity index (χ0n) is 14.9. The summed E-state index contributed by atoms with van der Waals surface area (Å²) in [5.74, 6) is 0.913. The molecular formula is C21H25NO4. The largest absolute Gasteiger partial charge is 0.299 e. The van der Waals surface area contributed by atoms with Crippen LogP contribution in [0.2, 0.25) is 0 Å². The molecule has 0 aromatic rings. The number of hydrogen-bond donors (Lipinski definition) is 0. The smallest absolute Gasteiger partial charge is 0.233 e. The van der Waals surface area contributed by atoms with Crippen molar-refractivity contribution < 1.29 is 19.2 Å². The molecule has 8 atom stereocenters. The Morgan fingerprint density at radius 2 is 1.08 bits per heavy atom. The molecule has 0 N–H and O–H groups in total. The molecule has 138 valence electrons. The van der Waals surface area contributed by atoms with Crippen molar-refractivity contribution in [2.75, 3.05) is 6.54 Å². The maximum Gasteiger partial charge on any atom is 0.233 e. The van der Waals surface area contributed by atoms with Gasteiger partial charge < -0.3 is 0 Å². The molecule has 2 amide bonds. The van der Waals surface area contributed by atoms with Crippen LogP contribution in [-0.4, -0.2) is 34.8 Å². The normalized spacial score (nSPS) is 51.1. The number of ketones is 2. The van der Waals surface area contributed by atoms with E-state index in [1.165, 1.54) is 4.90 Å². The number of imide groups is 1. The average Bonchev–Trinajstić information content (AvgIpc) is 3.43. The summed E-state index contributed by atoms with van der Waals surface area (Å²) in [6.45, 7) is 0.265. The lowest BCUT2D eigenvalue weighted by molar-refractivity contribution is -0.142. The van der Waals surface area contributed by atoms with Crippen LogP contribution in [0.5, 0.6) is 0 Å². The van der Waals surface area contributed by atoms with Crippen LogP contribution in [0.1, 0.15) is 44.9 Å². The molecule has 0 aromatic heterocycles. The minimum atomic E-state index is -0.564. The van der Waals surface area contributed by atoms with Crippen LogP contribution in [-0.2, 0) is 19.2 Å². The van der Waals surface area contributed by atoms with E-state index in [4.69, 9.17) is 0 Å². The molecule has 1 aliphatic heterocycles. The maximum atomic E-state index is 12.9. The van der Waals surface area contributed by atoms with Gasteiger partial charge in [0.25, 0.3) is 0 Å². The van der Waals surface area contributed by atoms with Gasteiger partial charge in [0.1, 0.15) is 11.6 Å². The number of Topliss-reactive ketones (excluding diaryl/α,β-unsaturated/α-hetero) is 2. The fourth-order valence-electron chi connectivity index (χ4n) is 7.95. The molecule has 0 spiro atoms. The van der Waals surface area contributed by atoms with Gasteiger partial charge in [0.2, 0.25) is 11.8 Å². The Balaban J connectivity index is 1.18. The summed E-state index contributed by atoms with van der Waals surface area (Å²) in [4.78, 5) is 52.7. The van der Waals surface area contributed by atoms with Crippen molar-refractivity contribution in [1.29, 1.82) is 0 Å². The van der Waals surface area contributed by atoms with Gasteiger partial charge in [-0.3, -0.25) is 24.1 Å². The first-order valence-electron chi connectivity index (χ1n) is 10.5. The van der Waals surface area contributed by atoms with Crippen LogP contribution < -0.4 is 0 Å². The van der Waals surface area contributed by atoms with Gasteiger partial charge in [0, 0.05) is 18.4 Å². The number of carbonyl (C=O) groups excluding carboxylic acids is 4. The van der Waals surface area contributed by atoms with E-state index >= 15 is 0 Å². The van der Waals surface area contributed by atoms with Gasteiger partial charge in [-0.2, -0.15) is 0 Å². The van der Waals surface area contributed by atoms with Crippen LogP contribution in [0.4, 0.5) is 0 Å². The van der Waals surface area contributed by atoms with Crippen molar-refractivity contribution in [3.63, 3.8) is 0 Å². The number of fused-ring (bicyclic) bond motifs is 10. The Kier molecular flexibility index (Phi) is 3.02. The van der Waals surface area contributed by atoms with Gasteiger partial charge in [-0.05, 0) is 68.6 Å². The van der Waals surface area contributed by atoms with Crippen molar-refractivity contribution >= 4 is 23.4 Å². The third-order valence-electron chi connectivity index (χ3n) is 8.92. The molecule has 6 fully saturated rings. The Bertz CT molecular complexity index is 626. The van der Waals surface area contributed by atoms with E-state index in [-0.39, 0.29) is 53.6 Å². The second-order valence-electron chi connectivity index (χ2n) is 9.74. The minimum Gasteiger partial charge on any atom is -0.299 e. The molecule has 6 aliphatic rings. The molecule has 5 aliphatic carbocycles. The van der Waals surface area contributed by atoms with Crippen molar-refractivity contribution in [2.45, 2.75) is 44.9 Å². The molecule has 0 aromatic carbocycles. The van der Waals surface area contributed by atoms with Crippen LogP contribution in [0.25, 0.3) is 0 Å². The lowest BCUT2D eigenvalue weighted by Gasteiger charge is -2.21. The lowest BCUT2D eigenvalue weighted by atomic mass is 9.81. The molecule has 5 nitrogen and oxygen atoms in total. The van der Waals surface area contributed by atoms with Gasteiger partial charge >= 0.3 is 0 Å². The van der Waals surface area contributed by atoms with E-state index in [9.17, 15) is 19.2 Å². The number of rotatable bonds is 3. The van der Waals surface area contributed by atoms with E-state index in [0.717, 1.165) is 38.5 Å². The first-order valence-corrected chi connectivity index (χ1v) is 10.5. The average molecular weight is 355 g/mol. The molecule has 5 saturated carbocycles. The monoisotopic (exact) mass is 355 g/mol. The Morgan fingerprint density at radius 1 is 0.654 bits per heavy atom. The third-order valence-corrected chi connectivity index (χ3v) is 8.92. The SMILES string of the molecule is O=C1C(CCN2C(=O)C3C4CCC(C4)C3C2=O)C(=O)C2C3CCC(C3)C12. The van der Waals surface area contributed by atoms with Crippen molar-refractivity contribution in [3.05, 3.63) is 0 Å². The van der Waals surface area contributed by atoms with Crippen molar-refractivity contribution in [2.24, 2.45) is 53.3 Å². The summed E-state index contributed by atoms with van der Waals surface area (Å²) in [5, 5.41) is 0. The highest BCUT2D eigenvalue weighted by atomic mass is 16.2. The highest BCUT2D eigenvalue weighted by molar-refractivity contribution is 6.12. The highest BCUT2D eigenvalue weighted by Crippen LogP contribution is 2.58. The molecule has 6 rings (SSSR count). The zero-order valence-corrected chi connectivity index (χ0v) is 14.9. The van der Waals surface area contributed by atoms with Gasteiger partial charge in [-0.25, -0.2) is 0 Å². The zero-order chi connectivity index (χ0) is 17.7. The topological polar surface area (TPSA) is 71.5 Å². The number of nitrogens with zero attached hydrogens (tertiary/aromatic N) is 1. The maximum absolute atomic E-state index is 12.9. The Labute approximate surface area is 152 Å². The Morgan fingerprint density at radius 3 is 1.54 bits per heavy atom. The molecule has 4 bridgehead atoms. The van der Waals surface area contributed by atoms with Crippen LogP contribution >= 0.6 is 0 Å². The fraction of sp³-hybridized carbons (Fsp3) is 0.810. The molecule has 26 heavy (non-hydrogen) atoms. The van der Waals surface area contributed by atoms with Crippen LogP contribution in [0, 0.1) is 53.3 Å². The van der Waals surface area contributed by atoms with E-state index < -0.39 is 5.92 Å². The van der Waals surface area contributed by atoms with Gasteiger partial charge in [0.05, 0.1) is 17.8 Å². The predicted molar refractivity (Wildman–Crippen MR) is 90.5 cm³/mol.